The molecule has 0 bridgehead atoms. The van der Waals surface area contributed by atoms with E-state index in [2.05, 4.69) is 0 Å². The number of amides is 1. The molecule has 0 unspecified atom stereocenters. The first-order valence-electron chi connectivity index (χ1n) is 9.72. The largest absolute Gasteiger partial charge is 0.497 e. The average molecular weight is 393 g/mol. The number of benzene rings is 2. The molecule has 0 spiro atoms. The molecule has 4 rings (SSSR count). The lowest BCUT2D eigenvalue weighted by atomic mass is 9.98. The summed E-state index contributed by atoms with van der Waals surface area (Å²) in [6, 6.07) is 12.5. The Bertz CT molecular complexity index is 1130. The van der Waals surface area contributed by atoms with Crippen LogP contribution in [0.25, 0.3) is 11.0 Å². The van der Waals surface area contributed by atoms with E-state index in [1.807, 2.05) is 57.4 Å². The molecule has 0 saturated carbocycles. The number of ether oxygens (including phenoxy) is 1. The maximum atomic E-state index is 13.4. The Morgan fingerprint density at radius 3 is 2.48 bits per heavy atom. The second-order valence-corrected chi connectivity index (χ2v) is 7.80. The van der Waals surface area contributed by atoms with E-state index in [1.54, 1.807) is 18.1 Å². The minimum atomic E-state index is -0.469. The number of nitrogens with one attached hydrogen (secondary N) is 1. The van der Waals surface area contributed by atoms with Crippen LogP contribution < -0.4 is 15.1 Å². The summed E-state index contributed by atoms with van der Waals surface area (Å²) in [5.74, 6) is 0.645. The Morgan fingerprint density at radius 2 is 1.83 bits per heavy atom. The van der Waals surface area contributed by atoms with Gasteiger partial charge in [-0.3, -0.25) is 9.59 Å². The highest BCUT2D eigenvalue weighted by atomic mass is 16.5. The molecule has 2 aromatic carbocycles. The third kappa shape index (κ3) is 3.29. The van der Waals surface area contributed by atoms with E-state index in [0.717, 1.165) is 23.4 Å². The summed E-state index contributed by atoms with van der Waals surface area (Å²) in [6.45, 7) is 3.22. The Labute approximate surface area is 169 Å². The Morgan fingerprint density at radius 1 is 1.10 bits per heavy atom. The SMILES string of the molecule is COc1ccc([C@@H]2c3c(oc4ccc(C)cc4c3=O)C(=O)N2CC[NH+](C)C)cc1. The maximum absolute atomic E-state index is 13.4. The number of hydrogen-bond donors (Lipinski definition) is 1. The van der Waals surface area contributed by atoms with Crippen LogP contribution >= 0.6 is 0 Å². The highest BCUT2D eigenvalue weighted by Crippen LogP contribution is 2.38. The van der Waals surface area contributed by atoms with Gasteiger partial charge in [0.1, 0.15) is 11.3 Å². The Kier molecular flexibility index (Phi) is 4.88. The second-order valence-electron chi connectivity index (χ2n) is 7.80. The summed E-state index contributed by atoms with van der Waals surface area (Å²) in [6.07, 6.45) is 0. The molecule has 6 nitrogen and oxygen atoms in total. The number of carbonyl (C=O) groups is 1. The van der Waals surface area contributed by atoms with Crippen molar-refractivity contribution in [1.29, 1.82) is 0 Å². The Hall–Kier alpha value is -3.12. The number of fused-ring (bicyclic) bond motifs is 2. The number of hydrogen-bond acceptors (Lipinski definition) is 4. The molecule has 1 atom stereocenters. The first kappa shape index (κ1) is 19.2. The van der Waals surface area contributed by atoms with Gasteiger partial charge < -0.3 is 19.0 Å². The van der Waals surface area contributed by atoms with Crippen LogP contribution in [-0.4, -0.2) is 45.1 Å². The van der Waals surface area contributed by atoms with E-state index in [1.165, 1.54) is 4.90 Å². The molecule has 150 valence electrons. The van der Waals surface area contributed by atoms with Crippen LogP contribution in [0, 0.1) is 6.92 Å². The van der Waals surface area contributed by atoms with Crippen LogP contribution in [0.5, 0.6) is 5.75 Å². The summed E-state index contributed by atoms with van der Waals surface area (Å²) in [5.41, 5.74) is 2.57. The second kappa shape index (κ2) is 7.37. The third-order valence-corrected chi connectivity index (χ3v) is 5.41. The van der Waals surface area contributed by atoms with E-state index < -0.39 is 6.04 Å². The van der Waals surface area contributed by atoms with Crippen LogP contribution in [0.4, 0.5) is 0 Å². The van der Waals surface area contributed by atoms with Crippen LogP contribution in [0.15, 0.2) is 51.7 Å². The summed E-state index contributed by atoms with van der Waals surface area (Å²) < 4.78 is 11.2. The smallest absolute Gasteiger partial charge is 0.291 e. The van der Waals surface area contributed by atoms with Gasteiger partial charge in [0.2, 0.25) is 5.76 Å². The van der Waals surface area contributed by atoms with E-state index in [0.29, 0.717) is 23.1 Å². The van der Waals surface area contributed by atoms with Crippen molar-refractivity contribution in [1.82, 2.24) is 4.90 Å². The lowest BCUT2D eigenvalue weighted by molar-refractivity contribution is -0.857. The zero-order valence-electron chi connectivity index (χ0n) is 17.1. The molecule has 0 aliphatic carbocycles. The zero-order valence-corrected chi connectivity index (χ0v) is 17.1. The number of methoxy groups -OCH3 is 1. The van der Waals surface area contributed by atoms with Crippen molar-refractivity contribution in [2.45, 2.75) is 13.0 Å². The van der Waals surface area contributed by atoms with Gasteiger partial charge in [0, 0.05) is 0 Å². The number of rotatable bonds is 5. The molecule has 1 aromatic heterocycles. The van der Waals surface area contributed by atoms with Crippen molar-refractivity contribution in [2.24, 2.45) is 0 Å². The fourth-order valence-corrected chi connectivity index (χ4v) is 3.84. The molecule has 1 amide bonds. The van der Waals surface area contributed by atoms with Crippen molar-refractivity contribution in [2.75, 3.05) is 34.3 Å². The summed E-state index contributed by atoms with van der Waals surface area (Å²) in [7, 11) is 5.69. The van der Waals surface area contributed by atoms with Crippen molar-refractivity contribution in [3.05, 3.63) is 75.1 Å². The minimum absolute atomic E-state index is 0.140. The van der Waals surface area contributed by atoms with E-state index in [-0.39, 0.29) is 17.1 Å². The lowest BCUT2D eigenvalue weighted by Gasteiger charge is -2.25. The maximum Gasteiger partial charge on any atom is 0.291 e. The standard InChI is InChI=1S/C23H24N2O4/c1-14-5-10-18-17(13-14)21(26)19-20(15-6-8-16(28-4)9-7-15)25(12-11-24(2)3)23(27)22(19)29-18/h5-10,13,20H,11-12H2,1-4H3/p+1/t20-/m1/s1. The molecular weight excluding hydrogens is 368 g/mol. The van der Waals surface area contributed by atoms with Gasteiger partial charge in [-0.2, -0.15) is 0 Å². The van der Waals surface area contributed by atoms with Crippen molar-refractivity contribution in [3.63, 3.8) is 0 Å². The molecule has 1 N–H and O–H groups in total. The average Bonchev–Trinajstić information content (AvgIpc) is 2.99. The van der Waals surface area contributed by atoms with E-state index in [9.17, 15) is 9.59 Å². The lowest BCUT2D eigenvalue weighted by Crippen LogP contribution is -3.06. The normalized spacial score (nSPS) is 16.0. The van der Waals surface area contributed by atoms with Crippen LogP contribution in [0.2, 0.25) is 0 Å². The predicted octanol–water partition coefficient (Wildman–Crippen LogP) is 1.80. The van der Waals surface area contributed by atoms with Gasteiger partial charge in [0.05, 0.1) is 51.3 Å². The third-order valence-electron chi connectivity index (χ3n) is 5.41. The number of quaternary nitrogens is 1. The predicted molar refractivity (Wildman–Crippen MR) is 111 cm³/mol. The highest BCUT2D eigenvalue weighted by molar-refractivity contribution is 5.99. The minimum Gasteiger partial charge on any atom is -0.497 e. The summed E-state index contributed by atoms with van der Waals surface area (Å²) >= 11 is 0. The molecule has 2 heterocycles. The fraction of sp³-hybridized carbons (Fsp3) is 0.304. The van der Waals surface area contributed by atoms with Crippen LogP contribution in [0.3, 0.4) is 0 Å². The molecule has 3 aromatic rings. The number of likely N-dealkylation sites (N-methyl/N-ethyl adjacent to an activating group) is 1. The van der Waals surface area contributed by atoms with Crippen molar-refractivity contribution in [3.8, 4) is 5.75 Å². The van der Waals surface area contributed by atoms with Gasteiger partial charge in [-0.25, -0.2) is 0 Å². The molecule has 29 heavy (non-hydrogen) atoms. The highest BCUT2D eigenvalue weighted by Gasteiger charge is 2.42. The molecule has 6 heteroatoms. The molecule has 1 aliphatic heterocycles. The quantitative estimate of drug-likeness (QED) is 0.718. The molecule has 0 radical (unpaired) electrons. The first-order chi connectivity index (χ1) is 13.9. The molecular formula is C23H25N2O4+. The number of aryl methyl sites for hydroxylation is 1. The van der Waals surface area contributed by atoms with Crippen molar-refractivity contribution >= 4 is 16.9 Å². The van der Waals surface area contributed by atoms with Gasteiger partial charge in [-0.05, 0) is 36.8 Å². The monoisotopic (exact) mass is 393 g/mol. The molecule has 0 saturated heterocycles. The number of carbonyl (C=O) groups excluding carboxylic acids is 1. The topological polar surface area (TPSA) is 64.2 Å². The molecule has 0 fully saturated rings. The first-order valence-corrected chi connectivity index (χ1v) is 9.72. The van der Waals surface area contributed by atoms with Gasteiger partial charge in [0.25, 0.3) is 5.91 Å². The van der Waals surface area contributed by atoms with Gasteiger partial charge in [-0.15, -0.1) is 0 Å². The van der Waals surface area contributed by atoms with Gasteiger partial charge >= 0.3 is 0 Å². The van der Waals surface area contributed by atoms with Gasteiger partial charge in [-0.1, -0.05) is 23.8 Å². The van der Waals surface area contributed by atoms with Crippen LogP contribution in [-0.2, 0) is 0 Å². The van der Waals surface area contributed by atoms with E-state index in [4.69, 9.17) is 9.15 Å². The Balaban J connectivity index is 1.92. The van der Waals surface area contributed by atoms with Gasteiger partial charge in [0.15, 0.2) is 5.43 Å². The zero-order chi connectivity index (χ0) is 20.7. The van der Waals surface area contributed by atoms with E-state index >= 15 is 0 Å². The molecule has 1 aliphatic rings. The number of nitrogens with zero attached hydrogens (tertiary/aromatic N) is 1. The van der Waals surface area contributed by atoms with Crippen LogP contribution in [0.1, 0.15) is 33.3 Å². The summed E-state index contributed by atoms with van der Waals surface area (Å²) in [4.78, 5) is 29.6. The summed E-state index contributed by atoms with van der Waals surface area (Å²) in [5, 5.41) is 0.509. The fourth-order valence-electron chi connectivity index (χ4n) is 3.84. The van der Waals surface area contributed by atoms with Crippen molar-refractivity contribution < 1.29 is 18.8 Å².